The van der Waals surface area contributed by atoms with Crippen LogP contribution in [0.4, 0.5) is 5.13 Å². The maximum Gasteiger partial charge on any atom is 0.243 e. The van der Waals surface area contributed by atoms with Crippen molar-refractivity contribution in [2.24, 2.45) is 0 Å². The maximum atomic E-state index is 12.7. The molecule has 28 heavy (non-hydrogen) atoms. The second kappa shape index (κ2) is 8.71. The van der Waals surface area contributed by atoms with Crippen molar-refractivity contribution in [2.75, 3.05) is 11.4 Å². The number of nitrogens with zero attached hydrogens (tertiary/aromatic N) is 3. The molecule has 0 saturated carbocycles. The van der Waals surface area contributed by atoms with Gasteiger partial charge in [-0.05, 0) is 36.1 Å². The Morgan fingerprint density at radius 2 is 1.93 bits per heavy atom. The van der Waals surface area contributed by atoms with Crippen LogP contribution in [-0.4, -0.2) is 27.9 Å². The molecule has 1 aromatic heterocycles. The molecule has 0 spiro atoms. The highest BCUT2D eigenvalue weighted by atomic mass is 35.5. The standard InChI is InChI=1S/C21H21ClN4OS/c22-17-10-8-15(9-11-17)13-19-24-21(28-25-19)26-12-4-7-18(26)20(27)23-14-16-5-2-1-3-6-16/h1-3,5-6,8-11,18H,4,7,12-14H2,(H,23,27)/t18-/m1/s1. The van der Waals surface area contributed by atoms with Crippen LogP contribution in [0.5, 0.6) is 0 Å². The third-order valence-electron chi connectivity index (χ3n) is 4.84. The summed E-state index contributed by atoms with van der Waals surface area (Å²) >= 11 is 7.31. The van der Waals surface area contributed by atoms with Crippen LogP contribution in [0.1, 0.15) is 29.8 Å². The average molecular weight is 413 g/mol. The van der Waals surface area contributed by atoms with E-state index in [1.54, 1.807) is 0 Å². The predicted molar refractivity (Wildman–Crippen MR) is 113 cm³/mol. The largest absolute Gasteiger partial charge is 0.350 e. The van der Waals surface area contributed by atoms with Gasteiger partial charge in [-0.2, -0.15) is 4.37 Å². The van der Waals surface area contributed by atoms with Gasteiger partial charge in [0.1, 0.15) is 11.9 Å². The molecule has 1 aliphatic heterocycles. The van der Waals surface area contributed by atoms with Gasteiger partial charge in [0.25, 0.3) is 0 Å². The number of nitrogens with one attached hydrogen (secondary N) is 1. The zero-order valence-corrected chi connectivity index (χ0v) is 16.9. The molecule has 1 saturated heterocycles. The summed E-state index contributed by atoms with van der Waals surface area (Å²) in [6.07, 6.45) is 2.48. The van der Waals surface area contributed by atoms with E-state index in [9.17, 15) is 4.79 Å². The van der Waals surface area contributed by atoms with Crippen LogP contribution in [0.2, 0.25) is 5.02 Å². The van der Waals surface area contributed by atoms with Crippen molar-refractivity contribution in [3.8, 4) is 0 Å². The van der Waals surface area contributed by atoms with Crippen molar-refractivity contribution >= 4 is 34.2 Å². The molecule has 0 radical (unpaired) electrons. The molecular formula is C21H21ClN4OS. The average Bonchev–Trinajstić information content (AvgIpc) is 3.38. The molecule has 0 aliphatic carbocycles. The summed E-state index contributed by atoms with van der Waals surface area (Å²) in [5.74, 6) is 0.827. The number of aromatic nitrogens is 2. The molecule has 144 valence electrons. The molecule has 7 heteroatoms. The summed E-state index contributed by atoms with van der Waals surface area (Å²) in [6.45, 7) is 1.38. The topological polar surface area (TPSA) is 58.1 Å². The number of carbonyl (C=O) groups is 1. The van der Waals surface area contributed by atoms with E-state index in [4.69, 9.17) is 11.6 Å². The molecule has 1 atom stereocenters. The van der Waals surface area contributed by atoms with E-state index in [1.807, 2.05) is 54.6 Å². The highest BCUT2D eigenvalue weighted by Crippen LogP contribution is 2.28. The van der Waals surface area contributed by atoms with Crippen LogP contribution in [0.25, 0.3) is 0 Å². The van der Waals surface area contributed by atoms with Gasteiger partial charge in [0.15, 0.2) is 0 Å². The first kappa shape index (κ1) is 18.9. The second-order valence-electron chi connectivity index (χ2n) is 6.85. The van der Waals surface area contributed by atoms with Gasteiger partial charge in [-0.3, -0.25) is 4.79 Å². The van der Waals surface area contributed by atoms with E-state index in [0.29, 0.717) is 13.0 Å². The lowest BCUT2D eigenvalue weighted by Gasteiger charge is -2.22. The predicted octanol–water partition coefficient (Wildman–Crippen LogP) is 4.07. The van der Waals surface area contributed by atoms with Crippen LogP contribution in [-0.2, 0) is 17.8 Å². The normalized spacial score (nSPS) is 16.3. The maximum absolute atomic E-state index is 12.7. The lowest BCUT2D eigenvalue weighted by molar-refractivity contribution is -0.122. The molecule has 1 aliphatic rings. The Morgan fingerprint density at radius 3 is 2.71 bits per heavy atom. The van der Waals surface area contributed by atoms with Gasteiger partial charge in [0.05, 0.1) is 0 Å². The Morgan fingerprint density at radius 1 is 1.14 bits per heavy atom. The Hall–Kier alpha value is -2.44. The summed E-state index contributed by atoms with van der Waals surface area (Å²) in [7, 11) is 0. The van der Waals surface area contributed by atoms with E-state index in [-0.39, 0.29) is 11.9 Å². The molecule has 2 heterocycles. The van der Waals surface area contributed by atoms with E-state index >= 15 is 0 Å². The van der Waals surface area contributed by atoms with Gasteiger partial charge in [-0.25, -0.2) is 4.98 Å². The number of carbonyl (C=O) groups excluding carboxylic acids is 1. The first-order valence-corrected chi connectivity index (χ1v) is 10.5. The van der Waals surface area contributed by atoms with Crippen molar-refractivity contribution in [3.05, 3.63) is 76.6 Å². The van der Waals surface area contributed by atoms with Crippen LogP contribution in [0.3, 0.4) is 0 Å². The van der Waals surface area contributed by atoms with Gasteiger partial charge in [0, 0.05) is 36.1 Å². The fourth-order valence-electron chi connectivity index (χ4n) is 3.39. The number of halogens is 1. The lowest BCUT2D eigenvalue weighted by Crippen LogP contribution is -2.43. The van der Waals surface area contributed by atoms with Crippen molar-refractivity contribution in [1.29, 1.82) is 0 Å². The third-order valence-corrected chi connectivity index (χ3v) is 5.89. The van der Waals surface area contributed by atoms with E-state index in [1.165, 1.54) is 11.5 Å². The molecule has 1 amide bonds. The third kappa shape index (κ3) is 4.51. The van der Waals surface area contributed by atoms with Crippen LogP contribution in [0, 0.1) is 0 Å². The molecule has 5 nitrogen and oxygen atoms in total. The van der Waals surface area contributed by atoms with E-state index in [0.717, 1.165) is 46.5 Å². The van der Waals surface area contributed by atoms with Crippen LogP contribution < -0.4 is 10.2 Å². The molecule has 4 rings (SSSR count). The van der Waals surface area contributed by atoms with Gasteiger partial charge in [-0.1, -0.05) is 54.1 Å². The quantitative estimate of drug-likeness (QED) is 0.663. The Bertz CT molecular complexity index is 929. The molecule has 0 bridgehead atoms. The van der Waals surface area contributed by atoms with Gasteiger partial charge < -0.3 is 10.2 Å². The SMILES string of the molecule is O=C(NCc1ccccc1)[C@H]1CCCN1c1nc(Cc2ccc(Cl)cc2)ns1. The minimum Gasteiger partial charge on any atom is -0.350 e. The zero-order valence-electron chi connectivity index (χ0n) is 15.3. The monoisotopic (exact) mass is 412 g/mol. The van der Waals surface area contributed by atoms with Crippen molar-refractivity contribution in [1.82, 2.24) is 14.7 Å². The summed E-state index contributed by atoms with van der Waals surface area (Å²) in [6, 6.07) is 17.5. The minimum atomic E-state index is -0.181. The molecule has 2 aromatic carbocycles. The highest BCUT2D eigenvalue weighted by molar-refractivity contribution is 7.09. The first-order valence-electron chi connectivity index (χ1n) is 9.34. The number of benzene rings is 2. The number of hydrogen-bond acceptors (Lipinski definition) is 5. The fraction of sp³-hybridized carbons (Fsp3) is 0.286. The molecule has 1 N–H and O–H groups in total. The van der Waals surface area contributed by atoms with E-state index in [2.05, 4.69) is 19.6 Å². The molecule has 1 fully saturated rings. The number of hydrogen-bond donors (Lipinski definition) is 1. The molecule has 3 aromatic rings. The van der Waals surface area contributed by atoms with Gasteiger partial charge in [-0.15, -0.1) is 0 Å². The van der Waals surface area contributed by atoms with Crippen LogP contribution >= 0.6 is 23.1 Å². The number of rotatable bonds is 6. The van der Waals surface area contributed by atoms with Gasteiger partial charge >= 0.3 is 0 Å². The Balaban J connectivity index is 1.39. The lowest BCUT2D eigenvalue weighted by atomic mass is 10.1. The van der Waals surface area contributed by atoms with Crippen LogP contribution in [0.15, 0.2) is 54.6 Å². The zero-order chi connectivity index (χ0) is 19.3. The summed E-state index contributed by atoms with van der Waals surface area (Å²) < 4.78 is 4.49. The van der Waals surface area contributed by atoms with Gasteiger partial charge in [0.2, 0.25) is 11.0 Å². The Labute approximate surface area is 173 Å². The van der Waals surface area contributed by atoms with Crippen molar-refractivity contribution in [2.45, 2.75) is 31.8 Å². The molecular weight excluding hydrogens is 392 g/mol. The number of anilines is 1. The summed E-state index contributed by atoms with van der Waals surface area (Å²) in [5, 5.41) is 4.60. The summed E-state index contributed by atoms with van der Waals surface area (Å²) in [5.41, 5.74) is 2.22. The Kier molecular flexibility index (Phi) is 5.88. The highest BCUT2D eigenvalue weighted by Gasteiger charge is 2.32. The van der Waals surface area contributed by atoms with E-state index < -0.39 is 0 Å². The first-order chi connectivity index (χ1) is 13.7. The fourth-order valence-corrected chi connectivity index (χ4v) is 4.28. The van der Waals surface area contributed by atoms with Crippen molar-refractivity contribution < 1.29 is 4.79 Å². The smallest absolute Gasteiger partial charge is 0.243 e. The molecule has 0 unspecified atom stereocenters. The van der Waals surface area contributed by atoms with Crippen molar-refractivity contribution in [3.63, 3.8) is 0 Å². The summed E-state index contributed by atoms with van der Waals surface area (Å²) in [4.78, 5) is 19.5. The number of amides is 1. The minimum absolute atomic E-state index is 0.0517. The second-order valence-corrected chi connectivity index (χ2v) is 8.02.